The fourth-order valence-corrected chi connectivity index (χ4v) is 7.63. The maximum absolute atomic E-state index is 13.4. The summed E-state index contributed by atoms with van der Waals surface area (Å²) in [4.78, 5) is 58.9. The van der Waals surface area contributed by atoms with Gasteiger partial charge in [-0.05, 0) is 61.9 Å². The van der Waals surface area contributed by atoms with Crippen LogP contribution in [0.3, 0.4) is 0 Å². The van der Waals surface area contributed by atoms with E-state index in [9.17, 15) is 24.3 Å². The van der Waals surface area contributed by atoms with Crippen molar-refractivity contribution in [2.75, 3.05) is 52.2 Å². The van der Waals surface area contributed by atoms with Crippen LogP contribution in [0.25, 0.3) is 22.0 Å². The number of carbonyl (C=O) groups is 4. The number of rotatable bonds is 9. The Hall–Kier alpha value is -4.42. The molecule has 3 aliphatic rings. The summed E-state index contributed by atoms with van der Waals surface area (Å²) in [6.07, 6.45) is 3.45. The molecule has 0 spiro atoms. The zero-order valence-electron chi connectivity index (χ0n) is 29.4. The number of carboxylic acid groups (broad SMARTS) is 1. The number of aryl methyl sites for hydroxylation is 1. The van der Waals surface area contributed by atoms with Crippen molar-refractivity contribution in [3.8, 4) is 16.9 Å². The van der Waals surface area contributed by atoms with E-state index in [2.05, 4.69) is 15.1 Å². The SMILES string of the molecule is COc1c(C(N)=O)cc(C(C)(C)C)c(-c2c(C(=O)O)n(C)c3c(CN4CCN(C(=O)C5CCCN5C)CC4)cccc23)c1NC(=O)C1CC1. The number of anilines is 1. The molecule has 2 aromatic carbocycles. The van der Waals surface area contributed by atoms with Gasteiger partial charge in [-0.25, -0.2) is 4.79 Å². The van der Waals surface area contributed by atoms with Crippen LogP contribution in [0, 0.1) is 5.92 Å². The molecule has 1 aromatic heterocycles. The van der Waals surface area contributed by atoms with Crippen molar-refractivity contribution in [3.05, 3.63) is 46.6 Å². The number of methoxy groups -OCH3 is 1. The Morgan fingerprint density at radius 1 is 1.00 bits per heavy atom. The molecule has 0 bridgehead atoms. The number of likely N-dealkylation sites (N-methyl/N-ethyl adjacent to an activating group) is 1. The highest BCUT2D eigenvalue weighted by Gasteiger charge is 2.37. The molecule has 1 unspecified atom stereocenters. The van der Waals surface area contributed by atoms with Gasteiger partial charge < -0.3 is 30.4 Å². The molecule has 6 rings (SSSR count). The first-order valence-electron chi connectivity index (χ1n) is 17.1. The summed E-state index contributed by atoms with van der Waals surface area (Å²) in [7, 11) is 5.18. The van der Waals surface area contributed by atoms with Crippen molar-refractivity contribution in [2.45, 2.75) is 64.5 Å². The third-order valence-electron chi connectivity index (χ3n) is 10.4. The molecule has 49 heavy (non-hydrogen) atoms. The van der Waals surface area contributed by atoms with Crippen molar-refractivity contribution < 1.29 is 29.0 Å². The van der Waals surface area contributed by atoms with Crippen LogP contribution in [0.4, 0.5) is 5.69 Å². The molecule has 1 atom stereocenters. The summed E-state index contributed by atoms with van der Waals surface area (Å²) in [5.41, 5.74) is 8.96. The number of para-hydroxylation sites is 1. The normalized spacial score (nSPS) is 19.0. The highest BCUT2D eigenvalue weighted by molar-refractivity contribution is 6.15. The van der Waals surface area contributed by atoms with Gasteiger partial charge in [0, 0.05) is 62.2 Å². The summed E-state index contributed by atoms with van der Waals surface area (Å²) in [5.74, 6) is -1.91. The van der Waals surface area contributed by atoms with Gasteiger partial charge in [-0.1, -0.05) is 39.0 Å². The van der Waals surface area contributed by atoms with Crippen LogP contribution < -0.4 is 15.8 Å². The first-order chi connectivity index (χ1) is 23.2. The number of likely N-dealkylation sites (tertiary alicyclic amines) is 1. The molecule has 3 aromatic rings. The summed E-state index contributed by atoms with van der Waals surface area (Å²) < 4.78 is 7.48. The second-order valence-electron chi connectivity index (χ2n) is 14.8. The number of nitrogens with one attached hydrogen (secondary N) is 1. The molecule has 262 valence electrons. The molecule has 1 saturated carbocycles. The van der Waals surface area contributed by atoms with Gasteiger partial charge in [0.25, 0.3) is 5.91 Å². The molecule has 12 nitrogen and oxygen atoms in total. The Morgan fingerprint density at radius 3 is 2.24 bits per heavy atom. The topological polar surface area (TPSA) is 150 Å². The fourth-order valence-electron chi connectivity index (χ4n) is 7.63. The van der Waals surface area contributed by atoms with Gasteiger partial charge in [0.05, 0.1) is 29.9 Å². The summed E-state index contributed by atoms with van der Waals surface area (Å²) in [6, 6.07) is 7.48. The van der Waals surface area contributed by atoms with E-state index in [1.807, 2.05) is 50.9 Å². The lowest BCUT2D eigenvalue weighted by Crippen LogP contribution is -2.52. The number of hydrogen-bond donors (Lipinski definition) is 3. The number of piperazine rings is 1. The molecular formula is C37H48N6O6. The number of hydrogen-bond acceptors (Lipinski definition) is 7. The van der Waals surface area contributed by atoms with Crippen LogP contribution in [0.2, 0.25) is 0 Å². The number of nitrogens with two attached hydrogens (primary N) is 1. The Labute approximate surface area is 287 Å². The molecule has 0 radical (unpaired) electrons. The average Bonchev–Trinajstić information content (AvgIpc) is 3.75. The molecule has 3 amide bonds. The molecule has 1 aliphatic carbocycles. The molecule has 2 aliphatic heterocycles. The Bertz CT molecular complexity index is 1830. The van der Waals surface area contributed by atoms with Gasteiger partial charge in [-0.15, -0.1) is 0 Å². The predicted octanol–water partition coefficient (Wildman–Crippen LogP) is 4.04. The molecule has 2 saturated heterocycles. The van der Waals surface area contributed by atoms with Crippen LogP contribution in [0.15, 0.2) is 24.3 Å². The predicted molar refractivity (Wildman–Crippen MR) is 188 cm³/mol. The molecule has 3 fully saturated rings. The quantitative estimate of drug-likeness (QED) is 0.308. The average molecular weight is 673 g/mol. The van der Waals surface area contributed by atoms with Crippen molar-refractivity contribution in [1.82, 2.24) is 19.3 Å². The highest BCUT2D eigenvalue weighted by Crippen LogP contribution is 2.50. The van der Waals surface area contributed by atoms with Crippen LogP contribution in [-0.2, 0) is 28.6 Å². The van der Waals surface area contributed by atoms with Crippen LogP contribution in [-0.4, -0.2) is 101 Å². The summed E-state index contributed by atoms with van der Waals surface area (Å²) in [6.45, 7) is 10.1. The first kappa shape index (κ1) is 34.4. The van der Waals surface area contributed by atoms with Gasteiger partial charge in [0.15, 0.2) is 5.75 Å². The molecule has 4 N–H and O–H groups in total. The van der Waals surface area contributed by atoms with Gasteiger partial charge in [0.2, 0.25) is 11.8 Å². The van der Waals surface area contributed by atoms with E-state index < -0.39 is 17.3 Å². The number of carbonyl (C=O) groups excluding carboxylic acids is 3. The number of carboxylic acids is 1. The Morgan fingerprint density at radius 2 is 1.69 bits per heavy atom. The number of primary amides is 1. The number of benzene rings is 2. The lowest BCUT2D eigenvalue weighted by atomic mass is 9.79. The van der Waals surface area contributed by atoms with E-state index in [0.717, 1.165) is 43.3 Å². The van der Waals surface area contributed by atoms with Gasteiger partial charge in [-0.2, -0.15) is 0 Å². The smallest absolute Gasteiger partial charge is 0.353 e. The number of aromatic nitrogens is 1. The van der Waals surface area contributed by atoms with Crippen LogP contribution in [0.5, 0.6) is 5.75 Å². The van der Waals surface area contributed by atoms with E-state index in [-0.39, 0.29) is 46.5 Å². The van der Waals surface area contributed by atoms with Crippen molar-refractivity contribution in [1.29, 1.82) is 0 Å². The second kappa shape index (κ2) is 13.1. The number of fused-ring (bicyclic) bond motifs is 1. The molecule has 3 heterocycles. The minimum atomic E-state index is -1.12. The fraction of sp³-hybridized carbons (Fsp3) is 0.514. The lowest BCUT2D eigenvalue weighted by Gasteiger charge is -2.37. The monoisotopic (exact) mass is 672 g/mol. The largest absolute Gasteiger partial charge is 0.494 e. The molecule has 12 heteroatoms. The first-order valence-corrected chi connectivity index (χ1v) is 17.1. The third kappa shape index (κ3) is 6.39. The van der Waals surface area contributed by atoms with Crippen molar-refractivity contribution in [3.63, 3.8) is 0 Å². The standard InChI is InChI=1S/C37H48N6O6/c1-37(2,3)25-19-24(33(38)44)32(49-6)29(39-34(45)21-12-13-21)28(25)27-23-10-7-9-22(30(23)41(5)31(27)36(47)48)20-42-15-17-43(18-16-42)35(46)26-11-8-14-40(26)4/h7,9-10,19,21,26H,8,11-18,20H2,1-6H3,(H2,38,44)(H,39,45)(H,47,48). The lowest BCUT2D eigenvalue weighted by molar-refractivity contribution is -0.137. The minimum Gasteiger partial charge on any atom is -0.494 e. The zero-order chi connectivity index (χ0) is 35.4. The van der Waals surface area contributed by atoms with Crippen LogP contribution >= 0.6 is 0 Å². The Kier molecular flexibility index (Phi) is 9.23. The van der Waals surface area contributed by atoms with E-state index in [1.54, 1.807) is 17.7 Å². The minimum absolute atomic E-state index is 0.0378. The Balaban J connectivity index is 1.46. The maximum Gasteiger partial charge on any atom is 0.353 e. The zero-order valence-corrected chi connectivity index (χ0v) is 29.4. The van der Waals surface area contributed by atoms with E-state index in [0.29, 0.717) is 54.8 Å². The van der Waals surface area contributed by atoms with Crippen LogP contribution in [0.1, 0.15) is 78.4 Å². The number of nitrogens with zero attached hydrogens (tertiary/aromatic N) is 4. The van der Waals surface area contributed by atoms with Gasteiger partial charge in [0.1, 0.15) is 5.69 Å². The maximum atomic E-state index is 13.4. The second-order valence-corrected chi connectivity index (χ2v) is 14.8. The summed E-state index contributed by atoms with van der Waals surface area (Å²) in [5, 5.41) is 14.5. The van der Waals surface area contributed by atoms with Crippen molar-refractivity contribution >= 4 is 40.3 Å². The van der Waals surface area contributed by atoms with Gasteiger partial charge >= 0.3 is 5.97 Å². The van der Waals surface area contributed by atoms with Gasteiger partial charge in [-0.3, -0.25) is 24.2 Å². The van der Waals surface area contributed by atoms with E-state index in [4.69, 9.17) is 10.5 Å². The third-order valence-corrected chi connectivity index (χ3v) is 10.4. The number of aromatic carboxylic acids is 1. The van der Waals surface area contributed by atoms with E-state index in [1.165, 1.54) is 7.11 Å². The number of amides is 3. The number of ether oxygens (including phenoxy) is 1. The molecular weight excluding hydrogens is 624 g/mol. The van der Waals surface area contributed by atoms with E-state index >= 15 is 0 Å². The van der Waals surface area contributed by atoms with Crippen molar-refractivity contribution in [2.24, 2.45) is 18.7 Å². The summed E-state index contributed by atoms with van der Waals surface area (Å²) >= 11 is 0. The highest BCUT2D eigenvalue weighted by atomic mass is 16.5.